The molecule has 9 heteroatoms. The Hall–Kier alpha value is -2.84. The van der Waals surface area contributed by atoms with Gasteiger partial charge in [0.05, 0.1) is 17.3 Å². The Morgan fingerprint density at radius 1 is 1.06 bits per heavy atom. The quantitative estimate of drug-likeness (QED) is 0.501. The van der Waals surface area contributed by atoms with Gasteiger partial charge < -0.3 is 9.80 Å². The minimum Gasteiger partial charge on any atom is -0.333 e. The van der Waals surface area contributed by atoms with Gasteiger partial charge in [-0.15, -0.1) is 0 Å². The molecule has 3 heterocycles. The summed E-state index contributed by atoms with van der Waals surface area (Å²) >= 11 is 9.54. The minimum absolute atomic E-state index is 0.124. The Kier molecular flexibility index (Phi) is 6.12. The zero-order chi connectivity index (χ0) is 24.0. The fraction of sp³-hybridized carbons (Fsp3) is 0.320. The van der Waals surface area contributed by atoms with Crippen molar-refractivity contribution in [1.82, 2.24) is 18.9 Å². The number of carbonyl (C=O) groups is 2. The molecule has 0 saturated carbocycles. The Morgan fingerprint density at radius 2 is 1.82 bits per heavy atom. The number of amides is 2. The number of nitrogens with zero attached hydrogens (tertiary/aromatic N) is 4. The fourth-order valence-electron chi connectivity index (χ4n) is 4.82. The molecule has 0 unspecified atom stereocenters. The van der Waals surface area contributed by atoms with Crippen molar-refractivity contribution in [2.24, 2.45) is 5.92 Å². The predicted octanol–water partition coefficient (Wildman–Crippen LogP) is 4.01. The maximum Gasteiger partial charge on any atom is 0.329 e. The summed E-state index contributed by atoms with van der Waals surface area (Å²) in [6, 6.07) is 14.9. The molecule has 0 saturated heterocycles. The number of rotatable bonds is 3. The van der Waals surface area contributed by atoms with Gasteiger partial charge in [-0.2, -0.15) is 0 Å². The van der Waals surface area contributed by atoms with Gasteiger partial charge in [-0.1, -0.05) is 48.9 Å². The fourth-order valence-corrected chi connectivity index (χ4v) is 5.25. The summed E-state index contributed by atoms with van der Waals surface area (Å²) < 4.78 is 3.98. The topological polar surface area (TPSA) is 67.6 Å². The standard InChI is InChI=1S/C25H24BrClN4O3/c1-16-12-29(14-17-5-3-2-4-6-17)24(33)22-21-15-28(9-10-30(21)25(34)31(22)13-16)23(32)18-7-8-19(26)20(27)11-18/h2-8,11,16H,9-10,12-15H2,1H3/t16-/m0/s1. The zero-order valence-electron chi connectivity index (χ0n) is 18.7. The van der Waals surface area contributed by atoms with Gasteiger partial charge in [0.2, 0.25) is 0 Å². The maximum absolute atomic E-state index is 13.7. The Balaban J connectivity index is 1.49. The molecular formula is C25H24BrClN4O3. The first-order chi connectivity index (χ1) is 16.3. The average Bonchev–Trinajstić information content (AvgIpc) is 3.03. The van der Waals surface area contributed by atoms with Crippen molar-refractivity contribution in [3.63, 3.8) is 0 Å². The number of carbonyl (C=O) groups excluding carboxylic acids is 2. The normalized spacial score (nSPS) is 17.9. The maximum atomic E-state index is 13.7. The molecule has 0 aliphatic carbocycles. The molecule has 2 aliphatic heterocycles. The third-order valence-electron chi connectivity index (χ3n) is 6.45. The first kappa shape index (κ1) is 22.9. The summed E-state index contributed by atoms with van der Waals surface area (Å²) in [5.41, 5.74) is 2.34. The Labute approximate surface area is 210 Å². The van der Waals surface area contributed by atoms with Crippen LogP contribution >= 0.6 is 27.5 Å². The van der Waals surface area contributed by atoms with Crippen molar-refractivity contribution in [2.45, 2.75) is 33.1 Å². The SMILES string of the molecule is C[C@H]1CN(Cc2ccccc2)C(=O)c2c3n(c(=O)n2C1)CCN(C(=O)c1ccc(Br)c(Cl)c1)C3. The van der Waals surface area contributed by atoms with Crippen LogP contribution in [0.5, 0.6) is 0 Å². The van der Waals surface area contributed by atoms with Gasteiger partial charge in [0.15, 0.2) is 0 Å². The second-order valence-electron chi connectivity index (χ2n) is 8.97. The zero-order valence-corrected chi connectivity index (χ0v) is 21.1. The summed E-state index contributed by atoms with van der Waals surface area (Å²) in [7, 11) is 0. The number of fused-ring (bicyclic) bond motifs is 3. The summed E-state index contributed by atoms with van der Waals surface area (Å²) in [5, 5.41) is 0.457. The molecule has 0 bridgehead atoms. The third-order valence-corrected chi connectivity index (χ3v) is 7.68. The molecule has 5 rings (SSSR count). The van der Waals surface area contributed by atoms with Gasteiger partial charge in [0.25, 0.3) is 11.8 Å². The second kappa shape index (κ2) is 9.07. The molecule has 7 nitrogen and oxygen atoms in total. The predicted molar refractivity (Wildman–Crippen MR) is 133 cm³/mol. The summed E-state index contributed by atoms with van der Waals surface area (Å²) in [6.45, 7) is 4.50. The summed E-state index contributed by atoms with van der Waals surface area (Å²) in [5.74, 6) is -0.220. The van der Waals surface area contributed by atoms with Gasteiger partial charge in [-0.3, -0.25) is 18.7 Å². The first-order valence-electron chi connectivity index (χ1n) is 11.2. The lowest BCUT2D eigenvalue weighted by Crippen LogP contribution is -2.41. The highest BCUT2D eigenvalue weighted by atomic mass is 79.9. The Bertz CT molecular complexity index is 1330. The van der Waals surface area contributed by atoms with E-state index < -0.39 is 0 Å². The smallest absolute Gasteiger partial charge is 0.329 e. The highest BCUT2D eigenvalue weighted by Crippen LogP contribution is 2.27. The van der Waals surface area contributed by atoms with Crippen LogP contribution in [0.25, 0.3) is 0 Å². The van der Waals surface area contributed by atoms with Gasteiger partial charge >= 0.3 is 5.69 Å². The molecule has 0 spiro atoms. The number of benzene rings is 2. The molecule has 3 aromatic rings. The van der Waals surface area contributed by atoms with Gasteiger partial charge in [-0.25, -0.2) is 4.79 Å². The van der Waals surface area contributed by atoms with Crippen LogP contribution in [0.3, 0.4) is 0 Å². The average molecular weight is 544 g/mol. The van der Waals surface area contributed by atoms with Crippen LogP contribution in [-0.4, -0.2) is 43.8 Å². The second-order valence-corrected chi connectivity index (χ2v) is 10.2. The van der Waals surface area contributed by atoms with Gasteiger partial charge in [-0.05, 0) is 45.6 Å². The molecule has 1 aromatic heterocycles. The van der Waals surface area contributed by atoms with Crippen LogP contribution in [0, 0.1) is 5.92 Å². The molecule has 2 aliphatic rings. The van der Waals surface area contributed by atoms with Crippen LogP contribution in [-0.2, 0) is 26.2 Å². The van der Waals surface area contributed by atoms with E-state index >= 15 is 0 Å². The van der Waals surface area contributed by atoms with E-state index in [1.54, 1.807) is 32.2 Å². The summed E-state index contributed by atoms with van der Waals surface area (Å²) in [4.78, 5) is 43.7. The van der Waals surface area contributed by atoms with Crippen molar-refractivity contribution in [3.8, 4) is 0 Å². The van der Waals surface area contributed by atoms with E-state index in [0.717, 1.165) is 5.56 Å². The lowest BCUT2D eigenvalue weighted by atomic mass is 10.1. The van der Waals surface area contributed by atoms with Crippen molar-refractivity contribution < 1.29 is 9.59 Å². The van der Waals surface area contributed by atoms with E-state index in [1.807, 2.05) is 35.2 Å². The van der Waals surface area contributed by atoms with Gasteiger partial charge in [0.1, 0.15) is 5.69 Å². The van der Waals surface area contributed by atoms with E-state index in [2.05, 4.69) is 22.9 Å². The number of imidazole rings is 1. The lowest BCUT2D eigenvalue weighted by Gasteiger charge is -2.29. The highest BCUT2D eigenvalue weighted by Gasteiger charge is 2.36. The number of aromatic nitrogens is 2. The molecule has 176 valence electrons. The van der Waals surface area contributed by atoms with E-state index in [4.69, 9.17) is 11.6 Å². The number of hydrogen-bond donors (Lipinski definition) is 0. The molecule has 2 aromatic carbocycles. The van der Waals surface area contributed by atoms with Crippen molar-refractivity contribution in [3.05, 3.63) is 91.0 Å². The highest BCUT2D eigenvalue weighted by molar-refractivity contribution is 9.10. The van der Waals surface area contributed by atoms with Crippen LogP contribution in [0.1, 0.15) is 39.0 Å². The molecule has 34 heavy (non-hydrogen) atoms. The van der Waals surface area contributed by atoms with E-state index in [9.17, 15) is 14.4 Å². The summed E-state index contributed by atoms with van der Waals surface area (Å²) in [6.07, 6.45) is 0. The first-order valence-corrected chi connectivity index (χ1v) is 12.4. The van der Waals surface area contributed by atoms with E-state index in [0.29, 0.717) is 59.2 Å². The lowest BCUT2D eigenvalue weighted by molar-refractivity contribution is 0.0685. The minimum atomic E-state index is -0.177. The monoisotopic (exact) mass is 542 g/mol. The molecule has 2 amide bonds. The van der Waals surface area contributed by atoms with Crippen molar-refractivity contribution in [2.75, 3.05) is 13.1 Å². The van der Waals surface area contributed by atoms with Crippen molar-refractivity contribution >= 4 is 39.3 Å². The van der Waals surface area contributed by atoms with Crippen LogP contribution in [0.4, 0.5) is 0 Å². The molecule has 0 fully saturated rings. The molecular weight excluding hydrogens is 520 g/mol. The molecule has 1 atom stereocenters. The number of halogens is 2. The van der Waals surface area contributed by atoms with Crippen LogP contribution in [0.2, 0.25) is 5.02 Å². The molecule has 0 radical (unpaired) electrons. The third kappa shape index (κ3) is 4.09. The van der Waals surface area contributed by atoms with Gasteiger partial charge in [0, 0.05) is 42.8 Å². The van der Waals surface area contributed by atoms with Crippen molar-refractivity contribution in [1.29, 1.82) is 0 Å². The Morgan fingerprint density at radius 3 is 2.56 bits per heavy atom. The van der Waals surface area contributed by atoms with Crippen LogP contribution < -0.4 is 5.69 Å². The van der Waals surface area contributed by atoms with Crippen LogP contribution in [0.15, 0.2) is 57.8 Å². The van der Waals surface area contributed by atoms with E-state index in [1.165, 1.54) is 0 Å². The largest absolute Gasteiger partial charge is 0.333 e. The van der Waals surface area contributed by atoms with E-state index in [-0.39, 0.29) is 30.0 Å². The molecule has 0 N–H and O–H groups in total. The number of hydrogen-bond acceptors (Lipinski definition) is 3.